The first-order chi connectivity index (χ1) is 9.77. The fourth-order valence-corrected chi connectivity index (χ4v) is 2.54. The number of H-pyrrole nitrogens is 1. The highest BCUT2D eigenvalue weighted by molar-refractivity contribution is 5.94. The maximum absolute atomic E-state index is 13.7. The number of halogens is 1. The highest BCUT2D eigenvalue weighted by Gasteiger charge is 2.31. The number of likely N-dealkylation sites (tertiary alicyclic amines) is 1. The second kappa shape index (κ2) is 5.36. The summed E-state index contributed by atoms with van der Waals surface area (Å²) in [5.74, 6) is -0.280. The van der Waals surface area contributed by atoms with Crippen LogP contribution in [0.4, 0.5) is 4.39 Å². The van der Waals surface area contributed by atoms with Crippen LogP contribution in [-0.4, -0.2) is 37.5 Å². The quantitative estimate of drug-likeness (QED) is 0.905. The Bertz CT molecular complexity index is 601. The second-order valence-electron chi connectivity index (χ2n) is 4.74. The minimum Gasteiger partial charge on any atom is -0.328 e. The van der Waals surface area contributed by atoms with E-state index < -0.39 is 5.82 Å². The average molecular weight is 275 g/mol. The van der Waals surface area contributed by atoms with Gasteiger partial charge in [0.15, 0.2) is 5.82 Å². The van der Waals surface area contributed by atoms with Gasteiger partial charge in [-0.25, -0.2) is 9.37 Å². The van der Waals surface area contributed by atoms with Crippen LogP contribution in [0.25, 0.3) is 0 Å². The molecule has 6 nitrogen and oxygen atoms in total. The molecule has 3 heterocycles. The van der Waals surface area contributed by atoms with Crippen molar-refractivity contribution in [2.24, 2.45) is 0 Å². The molecule has 1 aliphatic heterocycles. The Morgan fingerprint density at radius 1 is 1.45 bits per heavy atom. The number of rotatable bonds is 2. The summed E-state index contributed by atoms with van der Waals surface area (Å²) in [5.41, 5.74) is 0.0476. The number of amides is 1. The first-order valence-corrected chi connectivity index (χ1v) is 6.53. The lowest BCUT2D eigenvalue weighted by molar-refractivity contribution is 0.0595. The Hall–Kier alpha value is -2.31. The van der Waals surface area contributed by atoms with Crippen LogP contribution in [-0.2, 0) is 0 Å². The minimum absolute atomic E-state index is 0.0476. The van der Waals surface area contributed by atoms with Crippen LogP contribution in [0.3, 0.4) is 0 Å². The van der Waals surface area contributed by atoms with Crippen LogP contribution in [0.1, 0.15) is 41.5 Å². The normalized spacial score (nSPS) is 19.1. The lowest BCUT2D eigenvalue weighted by Gasteiger charge is -2.34. The van der Waals surface area contributed by atoms with E-state index in [9.17, 15) is 9.18 Å². The van der Waals surface area contributed by atoms with E-state index in [-0.39, 0.29) is 17.5 Å². The highest BCUT2D eigenvalue weighted by atomic mass is 19.1. The summed E-state index contributed by atoms with van der Waals surface area (Å²) in [5, 5.41) is 6.62. The molecule has 0 unspecified atom stereocenters. The number of piperidine rings is 1. The molecule has 1 saturated heterocycles. The van der Waals surface area contributed by atoms with Gasteiger partial charge in [-0.1, -0.05) is 0 Å². The largest absolute Gasteiger partial charge is 0.328 e. The van der Waals surface area contributed by atoms with E-state index in [1.54, 1.807) is 4.90 Å². The van der Waals surface area contributed by atoms with Gasteiger partial charge in [-0.2, -0.15) is 5.10 Å². The third-order valence-corrected chi connectivity index (χ3v) is 3.52. The lowest BCUT2D eigenvalue weighted by Crippen LogP contribution is -2.39. The number of hydrogen-bond acceptors (Lipinski definition) is 4. The molecule has 1 fully saturated rings. The van der Waals surface area contributed by atoms with E-state index in [0.29, 0.717) is 12.4 Å². The standard InChI is InChI=1S/C13H14FN5O/c14-10-7-15-5-4-9(10)13(20)19-6-2-1-3-11(19)12-16-8-17-18-12/h4-5,7-8,11H,1-3,6H2,(H,16,17,18)/t11-/m1/s1. The number of nitrogens with zero attached hydrogens (tertiary/aromatic N) is 4. The van der Waals surface area contributed by atoms with Gasteiger partial charge in [0.05, 0.1) is 17.8 Å². The van der Waals surface area contributed by atoms with Crippen molar-refractivity contribution in [2.45, 2.75) is 25.3 Å². The highest BCUT2D eigenvalue weighted by Crippen LogP contribution is 2.30. The van der Waals surface area contributed by atoms with Crippen molar-refractivity contribution in [2.75, 3.05) is 6.54 Å². The fourth-order valence-electron chi connectivity index (χ4n) is 2.54. The number of nitrogens with one attached hydrogen (secondary N) is 1. The van der Waals surface area contributed by atoms with E-state index in [1.165, 1.54) is 18.6 Å². The summed E-state index contributed by atoms with van der Waals surface area (Å²) in [7, 11) is 0. The maximum atomic E-state index is 13.7. The molecule has 1 aliphatic rings. The smallest absolute Gasteiger partial charge is 0.257 e. The number of pyridine rings is 1. The van der Waals surface area contributed by atoms with Gasteiger partial charge >= 0.3 is 0 Å². The Balaban J connectivity index is 1.90. The topological polar surface area (TPSA) is 74.8 Å². The maximum Gasteiger partial charge on any atom is 0.257 e. The number of carbonyl (C=O) groups is 1. The first-order valence-electron chi connectivity index (χ1n) is 6.53. The summed E-state index contributed by atoms with van der Waals surface area (Å²) < 4.78 is 13.7. The number of aromatic amines is 1. The molecule has 1 N–H and O–H groups in total. The molecule has 0 bridgehead atoms. The van der Waals surface area contributed by atoms with Gasteiger partial charge in [-0.05, 0) is 25.3 Å². The van der Waals surface area contributed by atoms with Gasteiger partial charge in [0.1, 0.15) is 12.2 Å². The molecule has 20 heavy (non-hydrogen) atoms. The summed E-state index contributed by atoms with van der Waals surface area (Å²) in [6, 6.07) is 1.23. The van der Waals surface area contributed by atoms with Crippen LogP contribution in [0.5, 0.6) is 0 Å². The molecule has 0 aromatic carbocycles. The lowest BCUT2D eigenvalue weighted by atomic mass is 10.0. The molecule has 2 aromatic heterocycles. The van der Waals surface area contributed by atoms with E-state index in [4.69, 9.17) is 0 Å². The molecule has 0 saturated carbocycles. The Morgan fingerprint density at radius 3 is 3.10 bits per heavy atom. The third-order valence-electron chi connectivity index (χ3n) is 3.52. The SMILES string of the molecule is O=C(c1ccncc1F)N1CCCC[C@@H]1c1ncn[nH]1. The first kappa shape index (κ1) is 12.7. The number of aromatic nitrogens is 4. The third kappa shape index (κ3) is 2.26. The molecule has 104 valence electrons. The number of hydrogen-bond donors (Lipinski definition) is 1. The zero-order valence-electron chi connectivity index (χ0n) is 10.8. The molecular weight excluding hydrogens is 261 g/mol. The summed E-state index contributed by atoms with van der Waals surface area (Å²) in [6.45, 7) is 0.589. The summed E-state index contributed by atoms with van der Waals surface area (Å²) in [6.07, 6.45) is 6.61. The Morgan fingerprint density at radius 2 is 2.35 bits per heavy atom. The molecule has 2 aromatic rings. The molecule has 0 radical (unpaired) electrons. The van der Waals surface area contributed by atoms with Gasteiger partial charge in [0.2, 0.25) is 0 Å². The van der Waals surface area contributed by atoms with E-state index in [1.807, 2.05) is 0 Å². The van der Waals surface area contributed by atoms with Gasteiger partial charge in [-0.15, -0.1) is 0 Å². The van der Waals surface area contributed by atoms with Crippen molar-refractivity contribution >= 4 is 5.91 Å². The molecule has 0 aliphatic carbocycles. The molecule has 0 spiro atoms. The van der Waals surface area contributed by atoms with Crippen LogP contribution >= 0.6 is 0 Å². The monoisotopic (exact) mass is 275 g/mol. The van der Waals surface area contributed by atoms with Crippen LogP contribution in [0.2, 0.25) is 0 Å². The Labute approximate surface area is 115 Å². The van der Waals surface area contributed by atoms with Crippen molar-refractivity contribution in [3.8, 4) is 0 Å². The van der Waals surface area contributed by atoms with Crippen LogP contribution in [0, 0.1) is 5.82 Å². The van der Waals surface area contributed by atoms with Crippen molar-refractivity contribution < 1.29 is 9.18 Å². The summed E-state index contributed by atoms with van der Waals surface area (Å²) >= 11 is 0. The molecule has 7 heteroatoms. The predicted molar refractivity (Wildman–Crippen MR) is 68.2 cm³/mol. The van der Waals surface area contributed by atoms with Crippen molar-refractivity contribution in [1.82, 2.24) is 25.1 Å². The minimum atomic E-state index is -0.598. The zero-order chi connectivity index (χ0) is 13.9. The fraction of sp³-hybridized carbons (Fsp3) is 0.385. The van der Waals surface area contributed by atoms with Gasteiger partial charge < -0.3 is 4.90 Å². The van der Waals surface area contributed by atoms with Crippen molar-refractivity contribution in [3.63, 3.8) is 0 Å². The van der Waals surface area contributed by atoms with Crippen molar-refractivity contribution in [3.05, 3.63) is 42.0 Å². The predicted octanol–water partition coefficient (Wildman–Crippen LogP) is 1.71. The van der Waals surface area contributed by atoms with Crippen molar-refractivity contribution in [1.29, 1.82) is 0 Å². The molecule has 1 atom stereocenters. The molecule has 3 rings (SSSR count). The zero-order valence-corrected chi connectivity index (χ0v) is 10.8. The van der Waals surface area contributed by atoms with Gasteiger partial charge in [0, 0.05) is 12.7 Å². The molecule has 1 amide bonds. The average Bonchev–Trinajstić information content (AvgIpc) is 3.01. The van der Waals surface area contributed by atoms with E-state index >= 15 is 0 Å². The van der Waals surface area contributed by atoms with E-state index in [0.717, 1.165) is 25.5 Å². The Kier molecular flexibility index (Phi) is 3.41. The van der Waals surface area contributed by atoms with E-state index in [2.05, 4.69) is 20.2 Å². The number of carbonyl (C=O) groups excluding carboxylic acids is 1. The molecular formula is C13H14FN5O. The van der Waals surface area contributed by atoms with Crippen LogP contribution in [0.15, 0.2) is 24.8 Å². The van der Waals surface area contributed by atoms with Gasteiger partial charge in [0.25, 0.3) is 5.91 Å². The van der Waals surface area contributed by atoms with Gasteiger partial charge in [-0.3, -0.25) is 14.9 Å². The summed E-state index contributed by atoms with van der Waals surface area (Å²) in [4.78, 5) is 22.0. The van der Waals surface area contributed by atoms with Crippen LogP contribution < -0.4 is 0 Å². The second-order valence-corrected chi connectivity index (χ2v) is 4.74.